The van der Waals surface area contributed by atoms with Crippen LogP contribution in [0.3, 0.4) is 0 Å². The number of carbonyl (C=O) groups excluding carboxylic acids is 2. The summed E-state index contributed by atoms with van der Waals surface area (Å²) in [5.74, 6) is 0.537. The summed E-state index contributed by atoms with van der Waals surface area (Å²) in [5, 5.41) is 2.77. The van der Waals surface area contributed by atoms with E-state index in [1.54, 1.807) is 45.0 Å². The van der Waals surface area contributed by atoms with E-state index in [4.69, 9.17) is 9.47 Å². The topological polar surface area (TPSA) is 77.1 Å². The smallest absolute Gasteiger partial charge is 0.430 e. The number of carbonyl (C=O) groups is 2. The van der Waals surface area contributed by atoms with Crippen LogP contribution in [0.2, 0.25) is 0 Å². The van der Waals surface area contributed by atoms with Crippen LogP contribution in [0.15, 0.2) is 30.3 Å². The zero-order valence-corrected chi connectivity index (χ0v) is 27.1. The predicted molar refractivity (Wildman–Crippen MR) is 162 cm³/mol. The molecule has 1 atom stereocenters. The molecule has 0 radical (unpaired) electrons. The molecule has 3 amide bonds. The molecule has 2 aromatic carbocycles. The summed E-state index contributed by atoms with van der Waals surface area (Å²) < 4.78 is 101. The van der Waals surface area contributed by atoms with Gasteiger partial charge in [-0.2, -0.15) is 26.3 Å². The van der Waals surface area contributed by atoms with Crippen molar-refractivity contribution >= 4 is 11.9 Å². The lowest BCUT2D eigenvalue weighted by Gasteiger charge is -2.34. The van der Waals surface area contributed by atoms with Gasteiger partial charge in [0.1, 0.15) is 17.0 Å². The molecule has 1 saturated heterocycles. The quantitative estimate of drug-likeness (QED) is 0.117. The summed E-state index contributed by atoms with van der Waals surface area (Å²) in [6.07, 6.45) is -7.44. The summed E-state index contributed by atoms with van der Waals surface area (Å²) in [4.78, 5) is 27.3. The number of nitrogens with zero attached hydrogens (tertiary/aromatic N) is 1. The molecular weight excluding hydrogens is 630 g/mol. The molecule has 2 aliphatic heterocycles. The van der Waals surface area contributed by atoms with Crippen LogP contribution in [-0.4, -0.2) is 48.9 Å². The third-order valence-electron chi connectivity index (χ3n) is 8.70. The van der Waals surface area contributed by atoms with E-state index in [9.17, 15) is 35.9 Å². The molecule has 47 heavy (non-hydrogen) atoms. The number of unbranched alkanes of at least 4 members (excludes halogenated alkanes) is 2. The Bertz CT molecular complexity index is 1410. The largest absolute Gasteiger partial charge is 0.494 e. The second-order valence-electron chi connectivity index (χ2n) is 12.1. The maximum absolute atomic E-state index is 14.1. The van der Waals surface area contributed by atoms with Gasteiger partial charge in [0.15, 0.2) is 0 Å². The normalized spacial score (nSPS) is 19.2. The first-order valence-corrected chi connectivity index (χ1v) is 16.1. The average molecular weight is 673 g/mol. The first-order chi connectivity index (χ1) is 22.2. The fraction of sp³-hybridized carbons (Fsp3) is 0.588. The summed E-state index contributed by atoms with van der Waals surface area (Å²) in [7, 11) is 0. The Labute approximate surface area is 270 Å². The zero-order chi connectivity index (χ0) is 34.6. The maximum Gasteiger partial charge on any atom is 0.430 e. The second kappa shape index (κ2) is 14.3. The molecule has 2 heterocycles. The van der Waals surface area contributed by atoms with Gasteiger partial charge in [0.05, 0.1) is 19.8 Å². The number of imide groups is 1. The number of halogens is 6. The Hall–Kier alpha value is -3.48. The molecule has 1 unspecified atom stereocenters. The number of rotatable bonds is 15. The molecule has 260 valence electrons. The van der Waals surface area contributed by atoms with Gasteiger partial charge in [0.2, 0.25) is 0 Å². The highest BCUT2D eigenvalue weighted by Gasteiger charge is 2.76. The molecule has 2 aromatic rings. The van der Waals surface area contributed by atoms with Gasteiger partial charge in [-0.1, -0.05) is 52.2 Å². The van der Waals surface area contributed by atoms with E-state index < -0.39 is 47.6 Å². The van der Waals surface area contributed by atoms with Crippen LogP contribution < -0.4 is 14.8 Å². The predicted octanol–water partition coefficient (Wildman–Crippen LogP) is 8.25. The van der Waals surface area contributed by atoms with Crippen molar-refractivity contribution in [1.82, 2.24) is 10.2 Å². The van der Waals surface area contributed by atoms with Crippen LogP contribution in [0.4, 0.5) is 31.1 Å². The minimum Gasteiger partial charge on any atom is -0.494 e. The highest BCUT2D eigenvalue weighted by Crippen LogP contribution is 2.58. The van der Waals surface area contributed by atoms with E-state index in [2.05, 4.69) is 17.0 Å². The maximum atomic E-state index is 14.1. The summed E-state index contributed by atoms with van der Waals surface area (Å²) in [6, 6.07) is 7.41. The first kappa shape index (κ1) is 36.4. The summed E-state index contributed by atoms with van der Waals surface area (Å²) >= 11 is 0. The van der Waals surface area contributed by atoms with E-state index in [1.807, 2.05) is 0 Å². The van der Waals surface area contributed by atoms with Crippen LogP contribution in [0, 0.1) is 0 Å². The third kappa shape index (κ3) is 6.91. The monoisotopic (exact) mass is 672 g/mol. The molecule has 0 aromatic heterocycles. The Kier molecular flexibility index (Phi) is 11.1. The molecule has 0 spiro atoms. The molecule has 1 fully saturated rings. The molecule has 0 aliphatic carbocycles. The Morgan fingerprint density at radius 2 is 1.51 bits per heavy atom. The Balaban J connectivity index is 1.46. The molecule has 7 nitrogen and oxygen atoms in total. The molecule has 2 aliphatic rings. The zero-order valence-electron chi connectivity index (χ0n) is 27.1. The van der Waals surface area contributed by atoms with Crippen molar-refractivity contribution < 1.29 is 50.1 Å². The van der Waals surface area contributed by atoms with Gasteiger partial charge in [-0.3, -0.25) is 9.69 Å². The molecule has 1 N–H and O–H groups in total. The Morgan fingerprint density at radius 3 is 2.11 bits per heavy atom. The van der Waals surface area contributed by atoms with Crippen molar-refractivity contribution in [1.29, 1.82) is 0 Å². The van der Waals surface area contributed by atoms with Gasteiger partial charge in [0, 0.05) is 17.7 Å². The number of ether oxygens (including phenoxy) is 3. The van der Waals surface area contributed by atoms with E-state index in [0.717, 1.165) is 23.8 Å². The number of nitrogens with one attached hydrogen (secondary N) is 1. The molecule has 0 saturated carbocycles. The minimum absolute atomic E-state index is 0.0805. The number of hydrogen-bond donors (Lipinski definition) is 1. The van der Waals surface area contributed by atoms with Crippen molar-refractivity contribution in [2.75, 3.05) is 19.8 Å². The fourth-order valence-corrected chi connectivity index (χ4v) is 6.20. The molecular formula is C34H42F6N2O5. The van der Waals surface area contributed by atoms with Gasteiger partial charge in [-0.05, 0) is 73.9 Å². The van der Waals surface area contributed by atoms with Gasteiger partial charge >= 0.3 is 18.4 Å². The van der Waals surface area contributed by atoms with Crippen molar-refractivity contribution in [2.45, 2.75) is 109 Å². The van der Waals surface area contributed by atoms with E-state index >= 15 is 0 Å². The lowest BCUT2D eigenvalue weighted by molar-refractivity contribution is -0.385. The third-order valence-corrected chi connectivity index (χ3v) is 8.70. The fourth-order valence-electron chi connectivity index (χ4n) is 6.20. The molecule has 4 rings (SSSR count). The van der Waals surface area contributed by atoms with Gasteiger partial charge in [-0.15, -0.1) is 0 Å². The van der Waals surface area contributed by atoms with Crippen molar-refractivity contribution in [3.8, 4) is 11.5 Å². The highest BCUT2D eigenvalue weighted by atomic mass is 19.4. The molecule has 13 heteroatoms. The van der Waals surface area contributed by atoms with Crippen LogP contribution in [0.25, 0.3) is 0 Å². The number of amides is 3. The van der Waals surface area contributed by atoms with Crippen LogP contribution >= 0.6 is 0 Å². The van der Waals surface area contributed by atoms with Crippen LogP contribution in [-0.2, 0) is 40.1 Å². The summed E-state index contributed by atoms with van der Waals surface area (Å²) in [6.45, 7) is 7.17. The van der Waals surface area contributed by atoms with E-state index in [0.29, 0.717) is 43.6 Å². The van der Waals surface area contributed by atoms with E-state index in [-0.39, 0.29) is 48.4 Å². The number of fused-ring (bicyclic) bond motifs is 1. The lowest BCUT2D eigenvalue weighted by atomic mass is 9.84. The van der Waals surface area contributed by atoms with Crippen molar-refractivity contribution in [3.63, 3.8) is 0 Å². The van der Waals surface area contributed by atoms with E-state index in [1.165, 1.54) is 0 Å². The standard InChI is InChI=1S/C34H42F6N2O5/c1-5-8-18-45-24-15-13-23(14-16-24)31(4)29(43)42(30(44)41-31)17-9-10-19-46-28-22(11-6-2)20-27-26(25(28)12-7-3)21-47-32(27,33(35,36)37)34(38,39)40/h13-16,20H,5-12,17-19,21H2,1-4H3,(H,41,44). The van der Waals surface area contributed by atoms with Crippen molar-refractivity contribution in [2.24, 2.45) is 0 Å². The minimum atomic E-state index is -5.71. The number of benzene rings is 2. The van der Waals surface area contributed by atoms with Crippen LogP contribution in [0.5, 0.6) is 11.5 Å². The number of aryl methyl sites for hydroxylation is 1. The van der Waals surface area contributed by atoms with Crippen LogP contribution in [0.1, 0.15) is 94.0 Å². The number of urea groups is 1. The Morgan fingerprint density at radius 1 is 0.872 bits per heavy atom. The lowest BCUT2D eigenvalue weighted by Crippen LogP contribution is -2.53. The number of alkyl halides is 6. The molecule has 0 bridgehead atoms. The van der Waals surface area contributed by atoms with Gasteiger partial charge in [-0.25, -0.2) is 4.79 Å². The van der Waals surface area contributed by atoms with Crippen molar-refractivity contribution in [3.05, 3.63) is 58.1 Å². The second-order valence-corrected chi connectivity index (χ2v) is 12.1. The average Bonchev–Trinajstić information content (AvgIpc) is 3.50. The highest BCUT2D eigenvalue weighted by molar-refractivity contribution is 6.07. The number of hydrogen-bond acceptors (Lipinski definition) is 5. The SMILES string of the molecule is CCCCOc1ccc(C2(C)NC(=O)N(CCCCOc3c(CCC)cc4c(c3CCC)COC4(C(F)(F)F)C(F)(F)F)C2=O)cc1. The summed E-state index contributed by atoms with van der Waals surface area (Å²) in [5.41, 5.74) is -5.57. The first-order valence-electron chi connectivity index (χ1n) is 16.1. The van der Waals surface area contributed by atoms with Gasteiger partial charge < -0.3 is 19.5 Å². The van der Waals surface area contributed by atoms with Gasteiger partial charge in [0.25, 0.3) is 11.5 Å².